The lowest BCUT2D eigenvalue weighted by molar-refractivity contribution is 0.744. The van der Waals surface area contributed by atoms with Crippen LogP contribution >= 0.6 is 11.3 Å². The van der Waals surface area contributed by atoms with E-state index in [2.05, 4.69) is 40.4 Å². The van der Waals surface area contributed by atoms with Crippen molar-refractivity contribution in [3.63, 3.8) is 0 Å². The van der Waals surface area contributed by atoms with Crippen molar-refractivity contribution in [2.75, 3.05) is 6.54 Å². The van der Waals surface area contributed by atoms with Gasteiger partial charge in [-0.05, 0) is 36.5 Å². The molecule has 0 aromatic carbocycles. The Morgan fingerprint density at radius 1 is 1.29 bits per heavy atom. The molecular weight excluding hydrogens is 192 g/mol. The average Bonchev–Trinajstić information content (AvgIpc) is 2.80. The molecule has 0 aliphatic heterocycles. The maximum Gasteiger partial charge on any atom is 0.0566 e. The number of hydrogen-bond acceptors (Lipinski definition) is 2. The molecule has 2 nitrogen and oxygen atoms in total. The van der Waals surface area contributed by atoms with Gasteiger partial charge in [0.05, 0.1) is 6.54 Å². The minimum atomic E-state index is 0.717. The van der Waals surface area contributed by atoms with Crippen molar-refractivity contribution in [1.82, 2.24) is 4.57 Å². The molecule has 0 fully saturated rings. The molecule has 0 saturated heterocycles. The van der Waals surface area contributed by atoms with Gasteiger partial charge in [0, 0.05) is 16.8 Å². The van der Waals surface area contributed by atoms with E-state index in [1.807, 2.05) is 0 Å². The third-order valence-corrected chi connectivity index (χ3v) is 3.09. The Bertz CT molecular complexity index is 376. The van der Waals surface area contributed by atoms with Crippen molar-refractivity contribution in [3.8, 4) is 0 Å². The van der Waals surface area contributed by atoms with Crippen molar-refractivity contribution < 1.29 is 0 Å². The van der Waals surface area contributed by atoms with Crippen molar-refractivity contribution in [1.29, 1.82) is 0 Å². The van der Waals surface area contributed by atoms with Gasteiger partial charge in [0.2, 0.25) is 0 Å². The van der Waals surface area contributed by atoms with Crippen LogP contribution in [0.4, 0.5) is 0 Å². The number of rotatable bonds is 4. The Hall–Kier alpha value is -1.06. The summed E-state index contributed by atoms with van der Waals surface area (Å²) in [7, 11) is 0. The zero-order valence-corrected chi connectivity index (χ0v) is 8.83. The topological polar surface area (TPSA) is 30.9 Å². The molecule has 0 radical (unpaired) electrons. The zero-order valence-electron chi connectivity index (χ0n) is 8.02. The van der Waals surface area contributed by atoms with E-state index in [4.69, 9.17) is 5.73 Å². The second kappa shape index (κ2) is 4.44. The van der Waals surface area contributed by atoms with Crippen LogP contribution in [-0.4, -0.2) is 11.1 Å². The van der Waals surface area contributed by atoms with Crippen molar-refractivity contribution >= 4 is 11.3 Å². The first-order valence-electron chi connectivity index (χ1n) is 4.76. The molecular formula is C11H14N2S. The molecule has 3 heteroatoms. The summed E-state index contributed by atoms with van der Waals surface area (Å²) in [5, 5.41) is 2.11. The van der Waals surface area contributed by atoms with E-state index in [-0.39, 0.29) is 0 Å². The van der Waals surface area contributed by atoms with Gasteiger partial charge in [-0.15, -0.1) is 11.3 Å². The number of hydrogen-bond donors (Lipinski definition) is 1. The number of nitrogens with two attached hydrogens (primary N) is 1. The molecule has 2 rings (SSSR count). The fourth-order valence-corrected chi connectivity index (χ4v) is 2.25. The van der Waals surface area contributed by atoms with Crippen LogP contribution in [0.1, 0.15) is 10.6 Å². The van der Waals surface area contributed by atoms with E-state index >= 15 is 0 Å². The summed E-state index contributed by atoms with van der Waals surface area (Å²) in [5.74, 6) is 0. The molecule has 2 N–H and O–H groups in total. The number of nitrogens with zero attached hydrogens (tertiary/aromatic N) is 1. The maximum absolute atomic E-state index is 5.55. The molecule has 2 heterocycles. The number of thiophene rings is 1. The second-order valence-electron chi connectivity index (χ2n) is 3.25. The molecule has 0 atom stereocenters. The molecule has 14 heavy (non-hydrogen) atoms. The van der Waals surface area contributed by atoms with E-state index in [0.29, 0.717) is 6.54 Å². The predicted molar refractivity (Wildman–Crippen MR) is 60.6 cm³/mol. The molecule has 0 aliphatic rings. The SMILES string of the molecule is NCCc1cccn1Cc1cccs1. The van der Waals surface area contributed by atoms with Crippen LogP contribution < -0.4 is 5.73 Å². The highest BCUT2D eigenvalue weighted by molar-refractivity contribution is 7.09. The molecule has 2 aromatic rings. The first-order valence-corrected chi connectivity index (χ1v) is 5.64. The van der Waals surface area contributed by atoms with Crippen LogP contribution in [0.15, 0.2) is 35.8 Å². The summed E-state index contributed by atoms with van der Waals surface area (Å²) < 4.78 is 2.26. The molecule has 0 saturated carbocycles. The van der Waals surface area contributed by atoms with E-state index in [1.165, 1.54) is 10.6 Å². The van der Waals surface area contributed by atoms with E-state index < -0.39 is 0 Å². The summed E-state index contributed by atoms with van der Waals surface area (Å²) >= 11 is 1.80. The van der Waals surface area contributed by atoms with Crippen molar-refractivity contribution in [3.05, 3.63) is 46.4 Å². The molecule has 0 spiro atoms. The summed E-state index contributed by atoms with van der Waals surface area (Å²) in [4.78, 5) is 1.39. The van der Waals surface area contributed by atoms with Crippen molar-refractivity contribution in [2.45, 2.75) is 13.0 Å². The summed E-state index contributed by atoms with van der Waals surface area (Å²) in [5.41, 5.74) is 6.87. The van der Waals surface area contributed by atoms with E-state index in [0.717, 1.165) is 13.0 Å². The summed E-state index contributed by atoms with van der Waals surface area (Å²) in [6, 6.07) is 8.47. The lowest BCUT2D eigenvalue weighted by Gasteiger charge is -2.06. The van der Waals surface area contributed by atoms with Crippen LogP contribution in [0.3, 0.4) is 0 Å². The Morgan fingerprint density at radius 2 is 2.21 bits per heavy atom. The minimum Gasteiger partial charge on any atom is -0.346 e. The summed E-state index contributed by atoms with van der Waals surface area (Å²) in [6.07, 6.45) is 3.07. The van der Waals surface area contributed by atoms with Gasteiger partial charge in [0.15, 0.2) is 0 Å². The van der Waals surface area contributed by atoms with Crippen LogP contribution in [-0.2, 0) is 13.0 Å². The van der Waals surface area contributed by atoms with Gasteiger partial charge >= 0.3 is 0 Å². The zero-order chi connectivity index (χ0) is 9.80. The summed E-state index contributed by atoms with van der Waals surface area (Å²) in [6.45, 7) is 1.69. The third kappa shape index (κ3) is 2.05. The fraction of sp³-hybridized carbons (Fsp3) is 0.273. The highest BCUT2D eigenvalue weighted by Gasteiger charge is 2.00. The highest BCUT2D eigenvalue weighted by Crippen LogP contribution is 2.12. The molecule has 2 aromatic heterocycles. The molecule has 74 valence electrons. The van der Waals surface area contributed by atoms with Crippen LogP contribution in [0.25, 0.3) is 0 Å². The Kier molecular flexibility index (Phi) is 3.01. The molecule has 0 unspecified atom stereocenters. The Morgan fingerprint density at radius 3 is 2.93 bits per heavy atom. The smallest absolute Gasteiger partial charge is 0.0566 e. The lowest BCUT2D eigenvalue weighted by atomic mass is 10.3. The molecule has 0 bridgehead atoms. The van der Waals surface area contributed by atoms with Gasteiger partial charge in [0.25, 0.3) is 0 Å². The van der Waals surface area contributed by atoms with E-state index in [9.17, 15) is 0 Å². The monoisotopic (exact) mass is 206 g/mol. The molecule has 0 amide bonds. The third-order valence-electron chi connectivity index (χ3n) is 2.23. The standard InChI is InChI=1S/C11H14N2S/c12-6-5-10-3-1-7-13(10)9-11-4-2-8-14-11/h1-4,7-8H,5-6,9,12H2. The predicted octanol–water partition coefficient (Wildman–Crippen LogP) is 2.10. The van der Waals surface area contributed by atoms with Crippen LogP contribution in [0.2, 0.25) is 0 Å². The minimum absolute atomic E-state index is 0.717. The normalized spacial score (nSPS) is 10.6. The van der Waals surface area contributed by atoms with Gasteiger partial charge in [-0.25, -0.2) is 0 Å². The lowest BCUT2D eigenvalue weighted by Crippen LogP contribution is -2.08. The first-order chi connectivity index (χ1) is 6.90. The van der Waals surface area contributed by atoms with Gasteiger partial charge in [-0.2, -0.15) is 0 Å². The highest BCUT2D eigenvalue weighted by atomic mass is 32.1. The van der Waals surface area contributed by atoms with Crippen LogP contribution in [0.5, 0.6) is 0 Å². The van der Waals surface area contributed by atoms with Gasteiger partial charge in [-0.1, -0.05) is 6.07 Å². The van der Waals surface area contributed by atoms with E-state index in [1.54, 1.807) is 11.3 Å². The van der Waals surface area contributed by atoms with Gasteiger partial charge in [-0.3, -0.25) is 0 Å². The maximum atomic E-state index is 5.55. The largest absolute Gasteiger partial charge is 0.346 e. The molecule has 0 aliphatic carbocycles. The quantitative estimate of drug-likeness (QED) is 0.816. The Labute approximate surface area is 88.0 Å². The second-order valence-corrected chi connectivity index (χ2v) is 4.28. The average molecular weight is 206 g/mol. The van der Waals surface area contributed by atoms with Gasteiger partial charge in [0.1, 0.15) is 0 Å². The fourth-order valence-electron chi connectivity index (χ4n) is 1.55. The first kappa shape index (κ1) is 9.49. The Balaban J connectivity index is 2.12. The van der Waals surface area contributed by atoms with Gasteiger partial charge < -0.3 is 10.3 Å². The van der Waals surface area contributed by atoms with Crippen LogP contribution in [0, 0.1) is 0 Å². The van der Waals surface area contributed by atoms with Crippen molar-refractivity contribution in [2.24, 2.45) is 5.73 Å². The number of aromatic nitrogens is 1.